The first kappa shape index (κ1) is 26.9. The maximum Gasteiger partial charge on any atom is 0.165 e. The Labute approximate surface area is 273 Å². The molecule has 0 aliphatic heterocycles. The highest BCUT2D eigenvalue weighted by Crippen LogP contribution is 2.44. The number of pyridine rings is 1. The second-order valence-corrected chi connectivity index (χ2v) is 11.7. The topological polar surface area (TPSA) is 30.7 Å². The van der Waals surface area contributed by atoms with Crippen LogP contribution in [0.2, 0.25) is 0 Å². The van der Waals surface area contributed by atoms with Crippen molar-refractivity contribution in [3.63, 3.8) is 0 Å². The molecule has 218 valence electrons. The van der Waals surface area contributed by atoms with Gasteiger partial charge in [-0.15, -0.1) is 0 Å². The predicted octanol–water partition coefficient (Wildman–Crippen LogP) is 11.0. The molecule has 0 aliphatic carbocycles. The minimum atomic E-state index is 0.765. The monoisotopic (exact) mass is 597 g/mol. The lowest BCUT2D eigenvalue weighted by Crippen LogP contribution is -1.98. The van der Waals surface area contributed by atoms with E-state index in [1.165, 1.54) is 49.4 Å². The third kappa shape index (κ3) is 4.55. The fraction of sp³-hybridized carbons (Fsp3) is 0. The van der Waals surface area contributed by atoms with Crippen LogP contribution in [0, 0.1) is 12.1 Å². The van der Waals surface area contributed by atoms with Crippen molar-refractivity contribution >= 4 is 32.6 Å². The number of nitrogens with zero attached hydrogens (tertiary/aromatic N) is 3. The Balaban J connectivity index is 1.24. The molecule has 0 unspecified atom stereocenters. The van der Waals surface area contributed by atoms with E-state index in [9.17, 15) is 0 Å². The van der Waals surface area contributed by atoms with E-state index < -0.39 is 0 Å². The van der Waals surface area contributed by atoms with Crippen LogP contribution in [0.4, 0.5) is 0 Å². The van der Waals surface area contributed by atoms with Gasteiger partial charge in [0, 0.05) is 11.9 Å². The minimum Gasteiger partial charge on any atom is -0.290 e. The maximum atomic E-state index is 4.88. The zero-order valence-electron chi connectivity index (χ0n) is 25.4. The normalized spacial score (nSPS) is 11.2. The molecule has 2 aromatic heterocycles. The van der Waals surface area contributed by atoms with Crippen LogP contribution in [0.15, 0.2) is 164 Å². The van der Waals surface area contributed by atoms with E-state index in [1.807, 2.05) is 30.3 Å². The molecule has 3 heteroatoms. The number of benzene rings is 6. The second kappa shape index (κ2) is 11.1. The molecule has 0 spiro atoms. The number of imidazole rings is 1. The molecule has 0 aliphatic rings. The van der Waals surface area contributed by atoms with E-state index in [1.54, 1.807) is 6.20 Å². The summed E-state index contributed by atoms with van der Waals surface area (Å²) in [5.74, 6) is 0.780. The summed E-state index contributed by atoms with van der Waals surface area (Å²) in [5, 5.41) is 4.99. The third-order valence-corrected chi connectivity index (χ3v) is 8.93. The molecule has 9 rings (SSSR count). The van der Waals surface area contributed by atoms with Crippen molar-refractivity contribution in [3.05, 3.63) is 176 Å². The summed E-state index contributed by atoms with van der Waals surface area (Å²) in [7, 11) is 0. The Bertz CT molecular complexity index is 2530. The number of hydrogen-bond donors (Lipinski definition) is 0. The van der Waals surface area contributed by atoms with Crippen LogP contribution in [0.5, 0.6) is 0 Å². The van der Waals surface area contributed by atoms with E-state index in [4.69, 9.17) is 4.98 Å². The smallest absolute Gasteiger partial charge is 0.165 e. The fourth-order valence-electron chi connectivity index (χ4n) is 6.83. The number of rotatable bonds is 5. The molecular formula is C44H27N3. The fourth-order valence-corrected chi connectivity index (χ4v) is 6.83. The number of hydrogen-bond acceptors (Lipinski definition) is 2. The Kier molecular flexibility index (Phi) is 6.37. The van der Waals surface area contributed by atoms with Crippen LogP contribution < -0.4 is 0 Å². The van der Waals surface area contributed by atoms with Gasteiger partial charge in [-0.05, 0) is 103 Å². The van der Waals surface area contributed by atoms with Crippen molar-refractivity contribution in [1.29, 1.82) is 0 Å². The summed E-state index contributed by atoms with van der Waals surface area (Å²) in [6, 6.07) is 62.0. The molecule has 0 saturated carbocycles. The summed E-state index contributed by atoms with van der Waals surface area (Å²) >= 11 is 0. The molecule has 3 nitrogen and oxygen atoms in total. The Hall–Kier alpha value is -6.50. The molecule has 7 aromatic carbocycles. The zero-order valence-corrected chi connectivity index (χ0v) is 25.4. The van der Waals surface area contributed by atoms with Gasteiger partial charge in [0.25, 0.3) is 0 Å². The average Bonchev–Trinajstić information content (AvgIpc) is 3.54. The highest BCUT2D eigenvalue weighted by atomic mass is 15.1. The van der Waals surface area contributed by atoms with Gasteiger partial charge in [0.15, 0.2) is 5.82 Å². The van der Waals surface area contributed by atoms with Gasteiger partial charge < -0.3 is 0 Å². The van der Waals surface area contributed by atoms with Gasteiger partial charge in [-0.2, -0.15) is 0 Å². The van der Waals surface area contributed by atoms with Crippen LogP contribution in [-0.4, -0.2) is 14.5 Å². The second-order valence-electron chi connectivity index (χ2n) is 11.7. The van der Waals surface area contributed by atoms with E-state index in [0.717, 1.165) is 33.8 Å². The highest BCUT2D eigenvalue weighted by Gasteiger charge is 2.18. The lowest BCUT2D eigenvalue weighted by Gasteiger charge is -2.19. The van der Waals surface area contributed by atoms with Crippen LogP contribution in [0.3, 0.4) is 0 Å². The molecular weight excluding hydrogens is 571 g/mol. The van der Waals surface area contributed by atoms with Gasteiger partial charge in [-0.1, -0.05) is 121 Å². The van der Waals surface area contributed by atoms with Gasteiger partial charge >= 0.3 is 0 Å². The maximum absolute atomic E-state index is 4.88. The van der Waals surface area contributed by atoms with Crippen LogP contribution in [-0.2, 0) is 0 Å². The predicted molar refractivity (Wildman–Crippen MR) is 193 cm³/mol. The summed E-state index contributed by atoms with van der Waals surface area (Å²) in [6.45, 7) is 0. The first-order chi connectivity index (χ1) is 23.3. The molecule has 2 heterocycles. The third-order valence-electron chi connectivity index (χ3n) is 8.93. The van der Waals surface area contributed by atoms with Crippen LogP contribution >= 0.6 is 0 Å². The average molecular weight is 598 g/mol. The SMILES string of the molecule is c1ccc2c(c#1)nc(-c1ccccn1)n2-c1ccc(-c2ccc3c(-c4ccccc4)c4ccccc4c(-c4ccccc4)c3c2)cc1. The Morgan fingerprint density at radius 1 is 0.489 bits per heavy atom. The molecule has 0 bridgehead atoms. The lowest BCUT2D eigenvalue weighted by molar-refractivity contribution is 1.08. The summed E-state index contributed by atoms with van der Waals surface area (Å²) in [5.41, 5.74) is 10.8. The van der Waals surface area contributed by atoms with Gasteiger partial charge in [0.05, 0.1) is 5.52 Å². The zero-order chi connectivity index (χ0) is 31.2. The Morgan fingerprint density at radius 3 is 1.79 bits per heavy atom. The molecule has 0 radical (unpaired) electrons. The summed E-state index contributed by atoms with van der Waals surface area (Å²) < 4.78 is 2.15. The molecule has 0 fully saturated rings. The van der Waals surface area contributed by atoms with Crippen molar-refractivity contribution in [1.82, 2.24) is 14.5 Å². The highest BCUT2D eigenvalue weighted by molar-refractivity contribution is 6.21. The van der Waals surface area contributed by atoms with Crippen LogP contribution in [0.1, 0.15) is 0 Å². The molecule has 0 saturated heterocycles. The van der Waals surface area contributed by atoms with Crippen molar-refractivity contribution in [3.8, 4) is 50.6 Å². The Morgan fingerprint density at radius 2 is 1.11 bits per heavy atom. The van der Waals surface area contributed by atoms with E-state index in [0.29, 0.717) is 0 Å². The summed E-state index contributed by atoms with van der Waals surface area (Å²) in [4.78, 5) is 9.49. The van der Waals surface area contributed by atoms with E-state index >= 15 is 0 Å². The number of aromatic nitrogens is 3. The standard InChI is InChI=1S/C44H27N3/c1-3-13-31(14-4-1)42-35-17-7-8-18-36(35)43(32-15-5-2-6-16-32)38-29-33(24-27-37(38)42)30-22-25-34(26-23-30)47-41-21-10-9-19-39(41)46-44(47)40-20-11-12-28-45-40/h1-8,10-18,20-29H. The first-order valence-corrected chi connectivity index (χ1v) is 15.8. The first-order valence-electron chi connectivity index (χ1n) is 15.8. The van der Waals surface area contributed by atoms with Gasteiger partial charge in [0.2, 0.25) is 0 Å². The lowest BCUT2D eigenvalue weighted by atomic mass is 9.85. The molecule has 0 atom stereocenters. The molecule has 0 N–H and O–H groups in total. The van der Waals surface area contributed by atoms with Gasteiger partial charge in [0.1, 0.15) is 11.2 Å². The molecule has 9 aromatic rings. The van der Waals surface area contributed by atoms with E-state index in [2.05, 4.69) is 149 Å². The minimum absolute atomic E-state index is 0.765. The van der Waals surface area contributed by atoms with Crippen LogP contribution in [0.25, 0.3) is 83.2 Å². The quantitative estimate of drug-likeness (QED) is 0.185. The van der Waals surface area contributed by atoms with Gasteiger partial charge in [-0.3, -0.25) is 9.55 Å². The largest absolute Gasteiger partial charge is 0.290 e. The molecule has 0 amide bonds. The van der Waals surface area contributed by atoms with Crippen molar-refractivity contribution in [2.75, 3.05) is 0 Å². The van der Waals surface area contributed by atoms with E-state index in [-0.39, 0.29) is 0 Å². The number of fused-ring (bicyclic) bond motifs is 3. The summed E-state index contributed by atoms with van der Waals surface area (Å²) in [6.07, 6.45) is 1.80. The van der Waals surface area contributed by atoms with Crippen molar-refractivity contribution < 1.29 is 0 Å². The van der Waals surface area contributed by atoms with Crippen molar-refractivity contribution in [2.45, 2.75) is 0 Å². The van der Waals surface area contributed by atoms with Crippen molar-refractivity contribution in [2.24, 2.45) is 0 Å². The molecule has 47 heavy (non-hydrogen) atoms. The van der Waals surface area contributed by atoms with Gasteiger partial charge in [-0.25, -0.2) is 4.98 Å².